The van der Waals surface area contributed by atoms with Gasteiger partial charge in [0.05, 0.1) is 0 Å². The molecule has 0 aliphatic heterocycles. The smallest absolute Gasteiger partial charge is 0.220 e. The topological polar surface area (TPSA) is 47.5 Å². The van der Waals surface area contributed by atoms with E-state index in [1.54, 1.807) is 0 Å². The van der Waals surface area contributed by atoms with E-state index in [-0.39, 0.29) is 11.8 Å². The third kappa shape index (κ3) is 1.32. The largest absolute Gasteiger partial charge is 0.369 e. The lowest BCUT2D eigenvalue weighted by Gasteiger charge is -2.19. The van der Waals surface area contributed by atoms with Gasteiger partial charge < -0.3 is 10.1 Å². The highest BCUT2D eigenvalue weighted by atomic mass is 16.1. The Labute approximate surface area is 93.9 Å². The Hall–Kier alpha value is -1.77. The number of fused-ring (bicyclic) bond motifs is 3. The summed E-state index contributed by atoms with van der Waals surface area (Å²) in [6.07, 6.45) is 4.70. The van der Waals surface area contributed by atoms with Crippen molar-refractivity contribution in [3.05, 3.63) is 41.7 Å². The summed E-state index contributed by atoms with van der Waals surface area (Å²) in [6.45, 7) is 0. The normalized spacial score (nSPS) is 19.6. The van der Waals surface area contributed by atoms with Gasteiger partial charge in [0.1, 0.15) is 0 Å². The van der Waals surface area contributed by atoms with E-state index < -0.39 is 0 Å². The van der Waals surface area contributed by atoms with Gasteiger partial charge in [0.25, 0.3) is 0 Å². The second kappa shape index (κ2) is 3.37. The summed E-state index contributed by atoms with van der Waals surface area (Å²) >= 11 is 0. The molecule has 2 heterocycles. The van der Waals surface area contributed by atoms with Gasteiger partial charge in [-0.3, -0.25) is 4.79 Å². The highest BCUT2D eigenvalue weighted by molar-refractivity contribution is 5.77. The van der Waals surface area contributed by atoms with Crippen LogP contribution in [0.4, 0.5) is 0 Å². The summed E-state index contributed by atoms with van der Waals surface area (Å²) in [5.41, 5.74) is 9.20. The molecule has 82 valence electrons. The zero-order valence-electron chi connectivity index (χ0n) is 9.02. The van der Waals surface area contributed by atoms with Gasteiger partial charge in [-0.15, -0.1) is 0 Å². The van der Waals surface area contributed by atoms with Crippen molar-refractivity contribution in [2.45, 2.75) is 19.3 Å². The van der Waals surface area contributed by atoms with Gasteiger partial charge in [-0.05, 0) is 43.0 Å². The first-order chi connectivity index (χ1) is 7.75. The fourth-order valence-electron chi connectivity index (χ4n) is 2.62. The molecule has 1 atom stereocenters. The van der Waals surface area contributed by atoms with E-state index in [4.69, 9.17) is 5.73 Å². The molecular formula is C13H14N2O. The summed E-state index contributed by atoms with van der Waals surface area (Å²) < 4.78 is 2.21. The molecule has 3 rings (SSSR count). The van der Waals surface area contributed by atoms with Crippen LogP contribution in [0, 0.1) is 5.92 Å². The first-order valence-corrected chi connectivity index (χ1v) is 5.63. The van der Waals surface area contributed by atoms with Gasteiger partial charge in [-0.1, -0.05) is 6.07 Å². The second-order valence-electron chi connectivity index (χ2n) is 4.45. The average molecular weight is 214 g/mol. The van der Waals surface area contributed by atoms with E-state index in [0.29, 0.717) is 0 Å². The summed E-state index contributed by atoms with van der Waals surface area (Å²) in [6, 6.07) is 8.34. The Morgan fingerprint density at radius 3 is 3.12 bits per heavy atom. The van der Waals surface area contributed by atoms with Gasteiger partial charge in [-0.25, -0.2) is 0 Å². The zero-order chi connectivity index (χ0) is 11.1. The maximum atomic E-state index is 11.2. The minimum atomic E-state index is -0.166. The first-order valence-electron chi connectivity index (χ1n) is 5.63. The van der Waals surface area contributed by atoms with E-state index >= 15 is 0 Å². The number of nitrogens with two attached hydrogens (primary N) is 1. The molecule has 0 radical (unpaired) electrons. The van der Waals surface area contributed by atoms with Crippen LogP contribution in [0.2, 0.25) is 0 Å². The number of carbonyl (C=O) groups is 1. The van der Waals surface area contributed by atoms with Crippen molar-refractivity contribution in [1.82, 2.24) is 4.40 Å². The molecule has 1 aliphatic rings. The number of nitrogens with zero attached hydrogens (tertiary/aromatic N) is 1. The third-order valence-corrected chi connectivity index (χ3v) is 3.47. The molecule has 0 bridgehead atoms. The van der Waals surface area contributed by atoms with Gasteiger partial charge in [0.2, 0.25) is 5.91 Å². The van der Waals surface area contributed by atoms with Crippen LogP contribution < -0.4 is 5.73 Å². The zero-order valence-corrected chi connectivity index (χ0v) is 9.02. The van der Waals surface area contributed by atoms with Crippen molar-refractivity contribution in [2.24, 2.45) is 11.7 Å². The van der Waals surface area contributed by atoms with Crippen LogP contribution in [0.3, 0.4) is 0 Å². The van der Waals surface area contributed by atoms with Gasteiger partial charge in [0, 0.05) is 23.3 Å². The van der Waals surface area contributed by atoms with Crippen molar-refractivity contribution in [3.63, 3.8) is 0 Å². The fraction of sp³-hybridized carbons (Fsp3) is 0.308. The summed E-state index contributed by atoms with van der Waals surface area (Å²) in [4.78, 5) is 11.2. The molecule has 2 aromatic rings. The standard InChI is InChI=1S/C13H14N2O/c14-13(16)9-4-5-12-10(7-9)8-11-3-1-2-6-15(11)12/h1-3,6,8-9H,4-5,7H2,(H2,14,16). The van der Waals surface area contributed by atoms with E-state index in [0.717, 1.165) is 19.3 Å². The molecule has 0 spiro atoms. The Morgan fingerprint density at radius 2 is 2.31 bits per heavy atom. The number of pyridine rings is 1. The van der Waals surface area contributed by atoms with Gasteiger partial charge >= 0.3 is 0 Å². The number of hydrogen-bond acceptors (Lipinski definition) is 1. The van der Waals surface area contributed by atoms with Crippen LogP contribution >= 0.6 is 0 Å². The maximum Gasteiger partial charge on any atom is 0.220 e. The molecule has 3 nitrogen and oxygen atoms in total. The van der Waals surface area contributed by atoms with Crippen molar-refractivity contribution in [1.29, 1.82) is 0 Å². The van der Waals surface area contributed by atoms with Crippen molar-refractivity contribution >= 4 is 11.4 Å². The first kappa shape index (κ1) is 9.46. The van der Waals surface area contributed by atoms with Crippen molar-refractivity contribution < 1.29 is 4.79 Å². The van der Waals surface area contributed by atoms with E-state index in [1.807, 2.05) is 12.1 Å². The highest BCUT2D eigenvalue weighted by Gasteiger charge is 2.24. The Bertz CT molecular complexity index is 556. The lowest BCUT2D eigenvalue weighted by atomic mass is 9.87. The fourth-order valence-corrected chi connectivity index (χ4v) is 2.62. The summed E-state index contributed by atoms with van der Waals surface area (Å²) in [5.74, 6) is -0.147. The number of aryl methyl sites for hydroxylation is 1. The van der Waals surface area contributed by atoms with Crippen molar-refractivity contribution in [3.8, 4) is 0 Å². The summed E-state index contributed by atoms with van der Waals surface area (Å²) in [7, 11) is 0. The number of carbonyl (C=O) groups excluding carboxylic acids is 1. The molecule has 0 fully saturated rings. The molecule has 1 aliphatic carbocycles. The maximum absolute atomic E-state index is 11.2. The molecule has 0 saturated heterocycles. The predicted molar refractivity (Wildman–Crippen MR) is 62.1 cm³/mol. The lowest BCUT2D eigenvalue weighted by molar-refractivity contribution is -0.122. The van der Waals surface area contributed by atoms with Crippen LogP contribution in [0.5, 0.6) is 0 Å². The number of primary amides is 1. The van der Waals surface area contributed by atoms with E-state index in [2.05, 4.69) is 22.7 Å². The molecule has 1 amide bonds. The monoisotopic (exact) mass is 214 g/mol. The number of rotatable bonds is 1. The highest BCUT2D eigenvalue weighted by Crippen LogP contribution is 2.28. The van der Waals surface area contributed by atoms with Crippen LogP contribution in [0.1, 0.15) is 17.7 Å². The third-order valence-electron chi connectivity index (χ3n) is 3.47. The minimum absolute atomic E-state index is 0.0184. The van der Waals surface area contributed by atoms with Gasteiger partial charge in [0.15, 0.2) is 0 Å². The molecule has 3 heteroatoms. The summed E-state index contributed by atoms with van der Waals surface area (Å²) in [5, 5.41) is 0. The molecule has 2 N–H and O–H groups in total. The molecule has 1 unspecified atom stereocenters. The Balaban J connectivity index is 2.09. The predicted octanol–water partition coefficient (Wildman–Crippen LogP) is 1.53. The lowest BCUT2D eigenvalue weighted by Crippen LogP contribution is -2.28. The number of aromatic nitrogens is 1. The second-order valence-corrected chi connectivity index (χ2v) is 4.45. The average Bonchev–Trinajstić information content (AvgIpc) is 2.66. The van der Waals surface area contributed by atoms with E-state index in [1.165, 1.54) is 16.8 Å². The molecule has 0 saturated carbocycles. The quantitative estimate of drug-likeness (QED) is 0.768. The molecule has 16 heavy (non-hydrogen) atoms. The Kier molecular flexibility index (Phi) is 1.99. The SMILES string of the molecule is NC(=O)C1CCc2c(cc3ccccn23)C1. The van der Waals surface area contributed by atoms with Gasteiger partial charge in [-0.2, -0.15) is 0 Å². The number of hydrogen-bond donors (Lipinski definition) is 1. The number of amides is 1. The molecule has 2 aromatic heterocycles. The van der Waals surface area contributed by atoms with Crippen LogP contribution in [-0.4, -0.2) is 10.3 Å². The van der Waals surface area contributed by atoms with Crippen LogP contribution in [-0.2, 0) is 17.6 Å². The minimum Gasteiger partial charge on any atom is -0.369 e. The van der Waals surface area contributed by atoms with Crippen molar-refractivity contribution in [2.75, 3.05) is 0 Å². The molecule has 0 aromatic carbocycles. The Morgan fingerprint density at radius 1 is 1.44 bits per heavy atom. The van der Waals surface area contributed by atoms with Crippen LogP contribution in [0.15, 0.2) is 30.5 Å². The molecular weight excluding hydrogens is 200 g/mol. The van der Waals surface area contributed by atoms with Crippen LogP contribution in [0.25, 0.3) is 5.52 Å². The van der Waals surface area contributed by atoms with E-state index in [9.17, 15) is 4.79 Å².